The van der Waals surface area contributed by atoms with Gasteiger partial charge in [0.1, 0.15) is 0 Å². The lowest BCUT2D eigenvalue weighted by Crippen LogP contribution is -2.37. The fourth-order valence-corrected chi connectivity index (χ4v) is 2.59. The first-order chi connectivity index (χ1) is 7.77. The van der Waals surface area contributed by atoms with E-state index in [4.69, 9.17) is 0 Å². The fourth-order valence-electron chi connectivity index (χ4n) is 2.59. The molecule has 92 valence electrons. The zero-order valence-corrected chi connectivity index (χ0v) is 10.4. The van der Waals surface area contributed by atoms with Gasteiger partial charge in [-0.1, -0.05) is 31.0 Å². The zero-order chi connectivity index (χ0) is 11.8. The van der Waals surface area contributed by atoms with Gasteiger partial charge in [0, 0.05) is 19.1 Å². The zero-order valence-electron chi connectivity index (χ0n) is 10.4. The number of nitroso groups, excluding NO2 is 1. The third-order valence-corrected chi connectivity index (χ3v) is 3.59. The van der Waals surface area contributed by atoms with Crippen LogP contribution in [0.5, 0.6) is 0 Å². The molecule has 0 bridgehead atoms. The third kappa shape index (κ3) is 4.44. The molecule has 3 heteroatoms. The van der Waals surface area contributed by atoms with Crippen molar-refractivity contribution in [2.24, 2.45) is 11.1 Å². The van der Waals surface area contributed by atoms with E-state index in [9.17, 15) is 4.91 Å². The molecule has 0 aromatic heterocycles. The van der Waals surface area contributed by atoms with Gasteiger partial charge < -0.3 is 0 Å². The molecule has 0 N–H and O–H groups in total. The predicted molar refractivity (Wildman–Crippen MR) is 68.5 cm³/mol. The molecule has 1 rings (SSSR count). The van der Waals surface area contributed by atoms with Crippen LogP contribution in [0.3, 0.4) is 0 Å². The lowest BCUT2D eigenvalue weighted by atomic mass is 10.0. The van der Waals surface area contributed by atoms with Crippen LogP contribution >= 0.6 is 0 Å². The van der Waals surface area contributed by atoms with Crippen LogP contribution in [0.25, 0.3) is 0 Å². The predicted octanol–water partition coefficient (Wildman–Crippen LogP) is 3.21. The van der Waals surface area contributed by atoms with Gasteiger partial charge in [-0.2, -0.15) is 4.91 Å². The third-order valence-electron chi connectivity index (χ3n) is 3.59. The number of hydrogen-bond donors (Lipinski definition) is 0. The summed E-state index contributed by atoms with van der Waals surface area (Å²) in [5.74, 6) is 0.861. The number of rotatable bonds is 6. The van der Waals surface area contributed by atoms with Crippen LogP contribution in [-0.4, -0.2) is 30.6 Å². The summed E-state index contributed by atoms with van der Waals surface area (Å²) < 4.78 is 0. The fraction of sp³-hybridized carbons (Fsp3) is 0.846. The van der Waals surface area contributed by atoms with Crippen molar-refractivity contribution in [3.8, 4) is 0 Å². The topological polar surface area (TPSA) is 32.7 Å². The Bertz CT molecular complexity index is 218. The van der Waals surface area contributed by atoms with Crippen LogP contribution in [0, 0.1) is 10.8 Å². The Kier molecular flexibility index (Phi) is 6.31. The van der Waals surface area contributed by atoms with Gasteiger partial charge in [0.15, 0.2) is 0 Å². The first kappa shape index (κ1) is 13.4. The molecule has 2 unspecified atom stereocenters. The van der Waals surface area contributed by atoms with Gasteiger partial charge >= 0.3 is 0 Å². The second kappa shape index (κ2) is 7.55. The Morgan fingerprint density at radius 1 is 1.38 bits per heavy atom. The lowest BCUT2D eigenvalue weighted by molar-refractivity contribution is 0.202. The molecule has 0 spiro atoms. The lowest BCUT2D eigenvalue weighted by Gasteiger charge is -2.29. The maximum Gasteiger partial charge on any atom is 0.0938 e. The Labute approximate surface area is 98.9 Å². The van der Waals surface area contributed by atoms with Crippen LogP contribution in [0.2, 0.25) is 0 Å². The summed E-state index contributed by atoms with van der Waals surface area (Å²) in [7, 11) is 0. The maximum atomic E-state index is 10.2. The molecule has 1 aliphatic carbocycles. The highest BCUT2D eigenvalue weighted by Crippen LogP contribution is 2.25. The molecule has 1 saturated carbocycles. The summed E-state index contributed by atoms with van der Waals surface area (Å²) in [6.07, 6.45) is 8.43. The van der Waals surface area contributed by atoms with E-state index in [-0.39, 0.29) is 0 Å². The second-order valence-corrected chi connectivity index (χ2v) is 4.90. The van der Waals surface area contributed by atoms with Crippen molar-refractivity contribution in [3.05, 3.63) is 17.6 Å². The van der Waals surface area contributed by atoms with Crippen molar-refractivity contribution in [2.45, 2.75) is 45.1 Å². The van der Waals surface area contributed by atoms with Crippen molar-refractivity contribution < 1.29 is 0 Å². The summed E-state index contributed by atoms with van der Waals surface area (Å²) in [6.45, 7) is 8.20. The Balaban J connectivity index is 2.47. The van der Waals surface area contributed by atoms with E-state index in [0.29, 0.717) is 12.6 Å². The van der Waals surface area contributed by atoms with Crippen molar-refractivity contribution >= 4 is 0 Å². The molecule has 0 heterocycles. The van der Waals surface area contributed by atoms with Gasteiger partial charge in [-0.3, -0.25) is 4.90 Å². The van der Waals surface area contributed by atoms with Crippen molar-refractivity contribution in [2.75, 3.05) is 19.6 Å². The van der Waals surface area contributed by atoms with Crippen molar-refractivity contribution in [3.63, 3.8) is 0 Å². The van der Waals surface area contributed by atoms with Gasteiger partial charge in [-0.15, -0.1) is 6.58 Å². The summed E-state index contributed by atoms with van der Waals surface area (Å²) in [4.78, 5) is 12.6. The molecule has 3 nitrogen and oxygen atoms in total. The quantitative estimate of drug-likeness (QED) is 0.394. The first-order valence-corrected chi connectivity index (χ1v) is 6.42. The summed E-state index contributed by atoms with van der Waals surface area (Å²) in [6, 6.07) is 0.629. The molecule has 1 aliphatic rings. The van der Waals surface area contributed by atoms with E-state index in [0.717, 1.165) is 19.0 Å². The smallest absolute Gasteiger partial charge is 0.0938 e. The minimum Gasteiger partial charge on any atom is -0.295 e. The van der Waals surface area contributed by atoms with E-state index in [1.54, 1.807) is 0 Å². The van der Waals surface area contributed by atoms with E-state index in [1.807, 2.05) is 6.08 Å². The number of nitrogens with zero attached hydrogens (tertiary/aromatic N) is 2. The Hall–Kier alpha value is -0.700. The first-order valence-electron chi connectivity index (χ1n) is 6.42. The molecular weight excluding hydrogens is 200 g/mol. The molecule has 0 aliphatic heterocycles. The molecule has 1 fully saturated rings. The van der Waals surface area contributed by atoms with Crippen LogP contribution in [-0.2, 0) is 0 Å². The normalized spacial score (nSPS) is 26.4. The van der Waals surface area contributed by atoms with Crippen LogP contribution < -0.4 is 0 Å². The van der Waals surface area contributed by atoms with Gasteiger partial charge in [0.05, 0.1) is 6.54 Å². The van der Waals surface area contributed by atoms with Crippen molar-refractivity contribution in [1.82, 2.24) is 4.90 Å². The van der Waals surface area contributed by atoms with Gasteiger partial charge in [0.25, 0.3) is 0 Å². The largest absolute Gasteiger partial charge is 0.295 e. The molecule has 0 amide bonds. The molecule has 0 radical (unpaired) electrons. The van der Waals surface area contributed by atoms with Crippen LogP contribution in [0.4, 0.5) is 0 Å². The monoisotopic (exact) mass is 224 g/mol. The maximum absolute atomic E-state index is 10.2. The average Bonchev–Trinajstić information content (AvgIpc) is 2.49. The highest BCUT2D eigenvalue weighted by atomic mass is 16.3. The molecule has 0 saturated heterocycles. The van der Waals surface area contributed by atoms with Crippen LogP contribution in [0.15, 0.2) is 17.8 Å². The van der Waals surface area contributed by atoms with E-state index in [1.165, 1.54) is 32.1 Å². The molecule has 0 aromatic carbocycles. The summed E-state index contributed by atoms with van der Waals surface area (Å²) in [5.41, 5.74) is 0. The highest BCUT2D eigenvalue weighted by molar-refractivity contribution is 4.82. The SMILES string of the molecule is C=CCN(CCN=O)C1CCCC(C)CC1. The van der Waals surface area contributed by atoms with E-state index in [2.05, 4.69) is 23.6 Å². The minimum atomic E-state index is 0.403. The molecule has 2 atom stereocenters. The minimum absolute atomic E-state index is 0.403. The molecule has 0 aromatic rings. The Morgan fingerprint density at radius 2 is 2.19 bits per heavy atom. The van der Waals surface area contributed by atoms with Gasteiger partial charge in [0.2, 0.25) is 0 Å². The Morgan fingerprint density at radius 3 is 2.88 bits per heavy atom. The second-order valence-electron chi connectivity index (χ2n) is 4.90. The van der Waals surface area contributed by atoms with Crippen LogP contribution in [0.1, 0.15) is 39.0 Å². The van der Waals surface area contributed by atoms with Gasteiger partial charge in [-0.05, 0) is 25.2 Å². The van der Waals surface area contributed by atoms with Crippen molar-refractivity contribution in [1.29, 1.82) is 0 Å². The molecular formula is C13H24N2O. The highest BCUT2D eigenvalue weighted by Gasteiger charge is 2.21. The van der Waals surface area contributed by atoms with E-state index < -0.39 is 0 Å². The standard InChI is InChI=1S/C13H24N2O/c1-3-10-15(11-9-14-16)13-6-4-5-12(2)7-8-13/h3,12-13H,1,4-11H2,2H3. The molecule has 16 heavy (non-hydrogen) atoms. The summed E-state index contributed by atoms with van der Waals surface area (Å²) in [5, 5.41) is 2.96. The van der Waals surface area contributed by atoms with Gasteiger partial charge in [-0.25, -0.2) is 0 Å². The van der Waals surface area contributed by atoms with E-state index >= 15 is 0 Å². The average molecular weight is 224 g/mol. The number of hydrogen-bond acceptors (Lipinski definition) is 3. The summed E-state index contributed by atoms with van der Waals surface area (Å²) >= 11 is 0.